The summed E-state index contributed by atoms with van der Waals surface area (Å²) < 4.78 is 24.2. The molecule has 3 aromatic carbocycles. The van der Waals surface area contributed by atoms with Crippen molar-refractivity contribution in [1.82, 2.24) is 0 Å². The molecule has 2 heterocycles. The van der Waals surface area contributed by atoms with Crippen LogP contribution in [0.2, 0.25) is 0 Å². The summed E-state index contributed by atoms with van der Waals surface area (Å²) in [4.78, 5) is 0. The van der Waals surface area contributed by atoms with Crippen LogP contribution in [0.4, 0.5) is 0 Å². The van der Waals surface area contributed by atoms with Crippen LogP contribution in [0.15, 0.2) is 42.6 Å². The molecule has 0 fully saturated rings. The Balaban J connectivity index is 1.93. The van der Waals surface area contributed by atoms with Crippen molar-refractivity contribution in [3.63, 3.8) is 0 Å². The molecule has 0 radical (unpaired) electrons. The normalized spacial score (nSPS) is 12.9. The third kappa shape index (κ3) is 2.00. The Morgan fingerprint density at radius 2 is 1.54 bits per heavy atom. The summed E-state index contributed by atoms with van der Waals surface area (Å²) >= 11 is 0. The van der Waals surface area contributed by atoms with E-state index in [1.807, 2.05) is 18.2 Å². The van der Waals surface area contributed by atoms with Gasteiger partial charge in [-0.25, -0.2) is 0 Å². The molecule has 0 saturated carbocycles. The molecule has 5 rings (SSSR count). The van der Waals surface area contributed by atoms with Crippen LogP contribution in [0.1, 0.15) is 0 Å². The van der Waals surface area contributed by atoms with E-state index in [0.717, 1.165) is 55.4 Å². The van der Waals surface area contributed by atoms with E-state index < -0.39 is 0 Å². The van der Waals surface area contributed by atoms with E-state index in [1.165, 1.54) is 0 Å². The van der Waals surface area contributed by atoms with Crippen molar-refractivity contribution in [2.24, 2.45) is 7.05 Å². The van der Waals surface area contributed by atoms with Crippen LogP contribution in [0, 0.1) is 0 Å². The fourth-order valence-corrected chi connectivity index (χ4v) is 3.80. The summed E-state index contributed by atoms with van der Waals surface area (Å²) in [5.74, 6) is 3.04. The molecule has 130 valence electrons. The maximum absolute atomic E-state index is 5.57. The molecular formula is C21H18NO4+. The lowest BCUT2D eigenvalue weighted by Crippen LogP contribution is -2.28. The number of nitrogens with zero attached hydrogens (tertiary/aromatic N) is 1. The van der Waals surface area contributed by atoms with E-state index in [1.54, 1.807) is 14.2 Å². The molecule has 0 bridgehead atoms. The number of ether oxygens (including phenoxy) is 4. The zero-order valence-corrected chi connectivity index (χ0v) is 14.8. The van der Waals surface area contributed by atoms with Crippen LogP contribution < -0.4 is 23.5 Å². The van der Waals surface area contributed by atoms with Gasteiger partial charge in [0.1, 0.15) is 7.05 Å². The second-order valence-corrected chi connectivity index (χ2v) is 6.42. The zero-order valence-electron chi connectivity index (χ0n) is 14.8. The SMILES string of the molecule is COc1cc2ccc3c4cc5c(cc4c[n+](C)c3c2cc1OC)OCO5. The van der Waals surface area contributed by atoms with E-state index in [-0.39, 0.29) is 6.79 Å². The number of aromatic nitrogens is 1. The van der Waals surface area contributed by atoms with Gasteiger partial charge in [0.25, 0.3) is 0 Å². The minimum absolute atomic E-state index is 0.273. The average molecular weight is 348 g/mol. The minimum Gasteiger partial charge on any atom is -0.493 e. The lowest BCUT2D eigenvalue weighted by molar-refractivity contribution is -0.642. The Labute approximate surface area is 150 Å². The van der Waals surface area contributed by atoms with Crippen molar-refractivity contribution in [2.75, 3.05) is 21.0 Å². The average Bonchev–Trinajstić information content (AvgIpc) is 3.12. The minimum atomic E-state index is 0.273. The van der Waals surface area contributed by atoms with Crippen LogP contribution in [0.5, 0.6) is 23.0 Å². The Bertz CT molecular complexity index is 1200. The fourth-order valence-electron chi connectivity index (χ4n) is 3.80. The Morgan fingerprint density at radius 1 is 0.808 bits per heavy atom. The molecule has 0 amide bonds. The van der Waals surface area contributed by atoms with Crippen molar-refractivity contribution in [3.05, 3.63) is 42.6 Å². The van der Waals surface area contributed by atoms with Gasteiger partial charge in [0.05, 0.1) is 30.4 Å². The number of pyridine rings is 1. The van der Waals surface area contributed by atoms with Crippen molar-refractivity contribution >= 4 is 32.4 Å². The molecule has 5 nitrogen and oxygen atoms in total. The highest BCUT2D eigenvalue weighted by Gasteiger charge is 2.21. The highest BCUT2D eigenvalue weighted by Crippen LogP contribution is 2.40. The largest absolute Gasteiger partial charge is 0.493 e. The Kier molecular flexibility index (Phi) is 3.13. The van der Waals surface area contributed by atoms with Crippen LogP contribution in [0.25, 0.3) is 32.4 Å². The predicted octanol–water partition coefficient (Wildman–Crippen LogP) is 3.72. The van der Waals surface area contributed by atoms with Gasteiger partial charge in [-0.05, 0) is 35.7 Å². The topological polar surface area (TPSA) is 40.8 Å². The summed E-state index contributed by atoms with van der Waals surface area (Å²) in [6.45, 7) is 0.273. The van der Waals surface area contributed by atoms with E-state index in [9.17, 15) is 0 Å². The number of fused-ring (bicyclic) bond motifs is 6. The number of benzene rings is 3. The molecule has 0 aliphatic carbocycles. The molecule has 0 spiro atoms. The van der Waals surface area contributed by atoms with Crippen LogP contribution in [0.3, 0.4) is 0 Å². The molecule has 1 aliphatic rings. The van der Waals surface area contributed by atoms with Gasteiger partial charge in [-0.2, -0.15) is 4.57 Å². The Hall–Kier alpha value is -3.21. The van der Waals surface area contributed by atoms with Gasteiger partial charge in [0.2, 0.25) is 12.3 Å². The van der Waals surface area contributed by atoms with Crippen molar-refractivity contribution < 1.29 is 23.5 Å². The summed E-state index contributed by atoms with van der Waals surface area (Å²) in [6.07, 6.45) is 2.12. The van der Waals surface area contributed by atoms with Crippen LogP contribution in [-0.4, -0.2) is 21.0 Å². The maximum atomic E-state index is 5.57. The van der Waals surface area contributed by atoms with Crippen molar-refractivity contribution in [2.45, 2.75) is 0 Å². The summed E-state index contributed by atoms with van der Waals surface area (Å²) in [5.41, 5.74) is 1.13. The highest BCUT2D eigenvalue weighted by molar-refractivity contribution is 6.14. The number of hydrogen-bond acceptors (Lipinski definition) is 4. The Morgan fingerprint density at radius 3 is 2.31 bits per heavy atom. The number of rotatable bonds is 2. The number of hydrogen-bond donors (Lipinski definition) is 0. The molecule has 0 atom stereocenters. The molecule has 0 unspecified atom stereocenters. The van der Waals surface area contributed by atoms with Gasteiger partial charge >= 0.3 is 0 Å². The van der Waals surface area contributed by atoms with Gasteiger partial charge in [0.15, 0.2) is 29.2 Å². The zero-order chi connectivity index (χ0) is 17.8. The van der Waals surface area contributed by atoms with Crippen molar-refractivity contribution in [1.29, 1.82) is 0 Å². The molecular weight excluding hydrogens is 330 g/mol. The maximum Gasteiger partial charge on any atom is 0.231 e. The summed E-state index contributed by atoms with van der Waals surface area (Å²) in [5, 5.41) is 5.62. The van der Waals surface area contributed by atoms with Gasteiger partial charge in [0, 0.05) is 5.39 Å². The molecule has 5 heteroatoms. The third-order valence-electron chi connectivity index (χ3n) is 5.02. The third-order valence-corrected chi connectivity index (χ3v) is 5.02. The first-order chi connectivity index (χ1) is 12.7. The molecule has 1 aromatic heterocycles. The van der Waals surface area contributed by atoms with Crippen LogP contribution >= 0.6 is 0 Å². The van der Waals surface area contributed by atoms with Gasteiger partial charge in [-0.1, -0.05) is 6.07 Å². The first-order valence-corrected chi connectivity index (χ1v) is 8.40. The monoisotopic (exact) mass is 348 g/mol. The predicted molar refractivity (Wildman–Crippen MR) is 99.4 cm³/mol. The highest BCUT2D eigenvalue weighted by atomic mass is 16.7. The first-order valence-electron chi connectivity index (χ1n) is 8.40. The number of aryl methyl sites for hydroxylation is 1. The van der Waals surface area contributed by atoms with Gasteiger partial charge in [-0.15, -0.1) is 0 Å². The van der Waals surface area contributed by atoms with E-state index in [2.05, 4.69) is 36.0 Å². The molecule has 1 aliphatic heterocycles. The summed E-state index contributed by atoms with van der Waals surface area (Å²) in [7, 11) is 5.37. The fraction of sp³-hybridized carbons (Fsp3) is 0.190. The quantitative estimate of drug-likeness (QED) is 0.409. The summed E-state index contributed by atoms with van der Waals surface area (Å²) in [6, 6.07) is 12.4. The molecule has 0 N–H and O–H groups in total. The van der Waals surface area contributed by atoms with Crippen molar-refractivity contribution in [3.8, 4) is 23.0 Å². The second-order valence-electron chi connectivity index (χ2n) is 6.42. The number of methoxy groups -OCH3 is 2. The van der Waals surface area contributed by atoms with Gasteiger partial charge < -0.3 is 18.9 Å². The van der Waals surface area contributed by atoms with E-state index in [4.69, 9.17) is 18.9 Å². The van der Waals surface area contributed by atoms with Gasteiger partial charge in [-0.3, -0.25) is 0 Å². The smallest absolute Gasteiger partial charge is 0.231 e. The van der Waals surface area contributed by atoms with Crippen LogP contribution in [-0.2, 0) is 7.05 Å². The first kappa shape index (κ1) is 15.1. The van der Waals surface area contributed by atoms with E-state index >= 15 is 0 Å². The standard InChI is InChI=1S/C21H18NO4/c1-22-10-13-7-19-20(26-11-25-19)8-15(13)14-5-4-12-6-17(23-2)18(24-3)9-16(12)21(14)22/h4-10H,11H2,1-3H3/q+1. The molecule has 26 heavy (non-hydrogen) atoms. The lowest BCUT2D eigenvalue weighted by Gasteiger charge is -2.11. The second kappa shape index (κ2) is 5.39. The molecule has 0 saturated heterocycles. The molecule has 4 aromatic rings. The van der Waals surface area contributed by atoms with E-state index in [0.29, 0.717) is 0 Å². The lowest BCUT2D eigenvalue weighted by atomic mass is 10.0.